The summed E-state index contributed by atoms with van der Waals surface area (Å²) in [5, 5.41) is 17.1. The summed E-state index contributed by atoms with van der Waals surface area (Å²) in [6, 6.07) is 0.0378. The first-order valence-corrected chi connectivity index (χ1v) is 7.52. The van der Waals surface area contributed by atoms with E-state index in [1.54, 1.807) is 11.9 Å². The first-order chi connectivity index (χ1) is 9.81. The van der Waals surface area contributed by atoms with Gasteiger partial charge in [-0.2, -0.15) is 5.10 Å². The van der Waals surface area contributed by atoms with Gasteiger partial charge in [0.25, 0.3) is 0 Å². The molecule has 1 fully saturated rings. The number of rotatable bonds is 4. The Morgan fingerprint density at radius 3 is 2.67 bits per heavy atom. The normalized spacial score (nSPS) is 22.0. The van der Waals surface area contributed by atoms with Crippen LogP contribution in [0, 0.1) is 13.8 Å². The molecule has 1 aliphatic heterocycles. The minimum Gasteiger partial charge on any atom is -0.392 e. The molecule has 2 rings (SSSR count). The molecule has 2 N–H and O–H groups in total. The molecule has 2 heterocycles. The average Bonchev–Trinajstić information content (AvgIpc) is 2.96. The lowest BCUT2D eigenvalue weighted by Crippen LogP contribution is -2.41. The quantitative estimate of drug-likeness (QED) is 0.860. The van der Waals surface area contributed by atoms with Crippen LogP contribution in [0.3, 0.4) is 0 Å². The lowest BCUT2D eigenvalue weighted by Gasteiger charge is -2.21. The van der Waals surface area contributed by atoms with Crippen LogP contribution in [0.2, 0.25) is 0 Å². The standard InChI is InChI=1S/C15H26N4O2/c1-9(2)19-11(4)13(10(3)17-19)8-18(5)15(21)14-6-12(20)7-16-14/h9,12,14,16,20H,6-8H2,1-5H3/t12-,14-/m1/s1. The van der Waals surface area contributed by atoms with Crippen LogP contribution in [0.15, 0.2) is 0 Å². The number of nitrogens with one attached hydrogen (secondary N) is 1. The van der Waals surface area contributed by atoms with Crippen LogP contribution in [-0.4, -0.2) is 51.4 Å². The number of β-amino-alcohol motifs (C(OH)–C–C–N with tert-alkyl or cyclic N) is 1. The van der Waals surface area contributed by atoms with E-state index in [1.807, 2.05) is 18.5 Å². The highest BCUT2D eigenvalue weighted by Crippen LogP contribution is 2.19. The van der Waals surface area contributed by atoms with Crippen molar-refractivity contribution in [3.63, 3.8) is 0 Å². The van der Waals surface area contributed by atoms with Gasteiger partial charge in [0.1, 0.15) is 0 Å². The lowest BCUT2D eigenvalue weighted by molar-refractivity contribution is -0.132. The van der Waals surface area contributed by atoms with Crippen molar-refractivity contribution in [1.29, 1.82) is 0 Å². The molecule has 0 radical (unpaired) electrons. The highest BCUT2D eigenvalue weighted by molar-refractivity contribution is 5.82. The van der Waals surface area contributed by atoms with E-state index in [2.05, 4.69) is 24.3 Å². The Morgan fingerprint density at radius 1 is 1.52 bits per heavy atom. The van der Waals surface area contributed by atoms with Gasteiger partial charge in [-0.3, -0.25) is 9.48 Å². The maximum Gasteiger partial charge on any atom is 0.239 e. The fourth-order valence-corrected chi connectivity index (χ4v) is 2.91. The Morgan fingerprint density at radius 2 is 2.19 bits per heavy atom. The second kappa shape index (κ2) is 6.15. The summed E-state index contributed by atoms with van der Waals surface area (Å²) in [6.07, 6.45) is 0.0753. The van der Waals surface area contributed by atoms with Crippen molar-refractivity contribution in [2.75, 3.05) is 13.6 Å². The fraction of sp³-hybridized carbons (Fsp3) is 0.733. The summed E-state index contributed by atoms with van der Waals surface area (Å²) in [7, 11) is 1.81. The van der Waals surface area contributed by atoms with Gasteiger partial charge < -0.3 is 15.3 Å². The Kier molecular flexibility index (Phi) is 4.68. The van der Waals surface area contributed by atoms with Gasteiger partial charge in [-0.15, -0.1) is 0 Å². The van der Waals surface area contributed by atoms with Crippen LogP contribution >= 0.6 is 0 Å². The number of hydrogen-bond acceptors (Lipinski definition) is 4. The minimum absolute atomic E-state index is 0.0302. The number of amides is 1. The predicted octanol–water partition coefficient (Wildman–Crippen LogP) is 0.762. The Balaban J connectivity index is 2.09. The molecule has 6 nitrogen and oxygen atoms in total. The molecule has 0 bridgehead atoms. The van der Waals surface area contributed by atoms with Crippen molar-refractivity contribution in [2.45, 2.75) is 58.8 Å². The van der Waals surface area contributed by atoms with Gasteiger partial charge in [0.05, 0.1) is 17.8 Å². The monoisotopic (exact) mass is 294 g/mol. The zero-order valence-electron chi connectivity index (χ0n) is 13.6. The lowest BCUT2D eigenvalue weighted by atomic mass is 10.1. The molecule has 6 heteroatoms. The number of aliphatic hydroxyl groups excluding tert-OH is 1. The molecule has 1 aromatic rings. The molecular formula is C15H26N4O2. The van der Waals surface area contributed by atoms with Crippen LogP contribution in [-0.2, 0) is 11.3 Å². The van der Waals surface area contributed by atoms with E-state index < -0.39 is 6.10 Å². The molecule has 0 aromatic carbocycles. The second-order valence-electron chi connectivity index (χ2n) is 6.23. The van der Waals surface area contributed by atoms with Crippen molar-refractivity contribution in [1.82, 2.24) is 20.0 Å². The van der Waals surface area contributed by atoms with Crippen LogP contribution < -0.4 is 5.32 Å². The molecule has 0 saturated carbocycles. The highest BCUT2D eigenvalue weighted by atomic mass is 16.3. The zero-order valence-corrected chi connectivity index (χ0v) is 13.6. The van der Waals surface area contributed by atoms with Gasteiger partial charge in [0, 0.05) is 37.4 Å². The molecule has 1 aliphatic rings. The van der Waals surface area contributed by atoms with Gasteiger partial charge in [0.2, 0.25) is 5.91 Å². The van der Waals surface area contributed by atoms with Crippen LogP contribution in [0.4, 0.5) is 0 Å². The van der Waals surface area contributed by atoms with E-state index in [0.29, 0.717) is 25.6 Å². The molecular weight excluding hydrogens is 268 g/mol. The van der Waals surface area contributed by atoms with Crippen molar-refractivity contribution < 1.29 is 9.90 Å². The highest BCUT2D eigenvalue weighted by Gasteiger charge is 2.30. The SMILES string of the molecule is Cc1nn(C(C)C)c(C)c1CN(C)C(=O)[C@H]1C[C@@H](O)CN1. The molecule has 1 aromatic heterocycles. The van der Waals surface area contributed by atoms with E-state index in [-0.39, 0.29) is 11.9 Å². The number of aliphatic hydroxyl groups is 1. The molecule has 118 valence electrons. The number of carbonyl (C=O) groups excluding carboxylic acids is 1. The van der Waals surface area contributed by atoms with Crippen molar-refractivity contribution in [3.05, 3.63) is 17.0 Å². The maximum atomic E-state index is 12.4. The summed E-state index contributed by atoms with van der Waals surface area (Å²) in [5.74, 6) is 0.0302. The van der Waals surface area contributed by atoms with Gasteiger partial charge >= 0.3 is 0 Å². The Bertz CT molecular complexity index is 524. The molecule has 0 spiro atoms. The first-order valence-electron chi connectivity index (χ1n) is 7.52. The van der Waals surface area contributed by atoms with Gasteiger partial charge in [-0.1, -0.05) is 0 Å². The number of nitrogens with zero attached hydrogens (tertiary/aromatic N) is 3. The van der Waals surface area contributed by atoms with E-state index in [9.17, 15) is 9.90 Å². The van der Waals surface area contributed by atoms with Gasteiger partial charge in [-0.05, 0) is 34.1 Å². The number of carbonyl (C=O) groups is 1. The first kappa shape index (κ1) is 16.0. The zero-order chi connectivity index (χ0) is 15.7. The maximum absolute atomic E-state index is 12.4. The molecule has 0 aliphatic carbocycles. The summed E-state index contributed by atoms with van der Waals surface area (Å²) in [4.78, 5) is 14.1. The van der Waals surface area contributed by atoms with E-state index in [1.165, 1.54) is 0 Å². The van der Waals surface area contributed by atoms with Crippen LogP contribution in [0.25, 0.3) is 0 Å². The number of likely N-dealkylation sites (N-methyl/N-ethyl adjacent to an activating group) is 1. The van der Waals surface area contributed by atoms with Gasteiger partial charge in [0.15, 0.2) is 0 Å². The molecule has 0 unspecified atom stereocenters. The summed E-state index contributed by atoms with van der Waals surface area (Å²) in [5.41, 5.74) is 3.19. The minimum atomic E-state index is -0.417. The molecule has 21 heavy (non-hydrogen) atoms. The smallest absolute Gasteiger partial charge is 0.239 e. The van der Waals surface area contributed by atoms with Crippen LogP contribution in [0.1, 0.15) is 43.3 Å². The number of hydrogen-bond donors (Lipinski definition) is 2. The second-order valence-corrected chi connectivity index (χ2v) is 6.23. The summed E-state index contributed by atoms with van der Waals surface area (Å²) in [6.45, 7) is 9.28. The van der Waals surface area contributed by atoms with E-state index in [4.69, 9.17) is 0 Å². The van der Waals surface area contributed by atoms with Crippen molar-refractivity contribution >= 4 is 5.91 Å². The fourth-order valence-electron chi connectivity index (χ4n) is 2.91. The number of aromatic nitrogens is 2. The molecule has 2 atom stereocenters. The van der Waals surface area contributed by atoms with Gasteiger partial charge in [-0.25, -0.2) is 0 Å². The molecule has 1 amide bonds. The largest absolute Gasteiger partial charge is 0.392 e. The third kappa shape index (κ3) is 3.27. The third-order valence-electron chi connectivity index (χ3n) is 4.14. The average molecular weight is 294 g/mol. The Labute approximate surface area is 126 Å². The molecule has 1 saturated heterocycles. The van der Waals surface area contributed by atoms with E-state index in [0.717, 1.165) is 17.0 Å². The summed E-state index contributed by atoms with van der Waals surface area (Å²) >= 11 is 0. The predicted molar refractivity (Wildman–Crippen MR) is 81.0 cm³/mol. The Hall–Kier alpha value is -1.40. The summed E-state index contributed by atoms with van der Waals surface area (Å²) < 4.78 is 2.00. The van der Waals surface area contributed by atoms with Crippen molar-refractivity contribution in [2.24, 2.45) is 0 Å². The number of aryl methyl sites for hydroxylation is 1. The van der Waals surface area contributed by atoms with Crippen molar-refractivity contribution in [3.8, 4) is 0 Å². The van der Waals surface area contributed by atoms with Crippen LogP contribution in [0.5, 0.6) is 0 Å². The van der Waals surface area contributed by atoms with E-state index >= 15 is 0 Å². The topological polar surface area (TPSA) is 70.4 Å². The third-order valence-corrected chi connectivity index (χ3v) is 4.14.